The van der Waals surface area contributed by atoms with E-state index in [-0.39, 0.29) is 46.2 Å². The molecule has 0 bridgehead atoms. The Morgan fingerprint density at radius 2 is 1.32 bits per heavy atom. The van der Waals surface area contributed by atoms with Crippen LogP contribution in [-0.2, 0) is 32.5 Å². The van der Waals surface area contributed by atoms with E-state index in [0.717, 1.165) is 0 Å². The monoisotopic (exact) mass is 635 g/mol. The van der Waals surface area contributed by atoms with Gasteiger partial charge in [0.2, 0.25) is 0 Å². The zero-order valence-electron chi connectivity index (χ0n) is 16.8. The van der Waals surface area contributed by atoms with Crippen LogP contribution in [0.25, 0.3) is 11.3 Å². The summed E-state index contributed by atoms with van der Waals surface area (Å²) < 4.78 is 75.8. The summed E-state index contributed by atoms with van der Waals surface area (Å²) in [6.07, 6.45) is -5.01. The molecule has 0 fully saturated rings. The molecular formula is C21H20F6IrN2Si-. The van der Waals surface area contributed by atoms with Gasteiger partial charge >= 0.3 is 12.4 Å². The molecule has 2 heterocycles. The van der Waals surface area contributed by atoms with Crippen molar-refractivity contribution in [3.8, 4) is 11.3 Å². The van der Waals surface area contributed by atoms with E-state index in [9.17, 15) is 26.3 Å². The largest absolute Gasteiger partial charge is 0.399 e. The van der Waals surface area contributed by atoms with Crippen LogP contribution in [0.2, 0.25) is 19.6 Å². The predicted molar refractivity (Wildman–Crippen MR) is 106 cm³/mol. The molecule has 0 N–H and O–H groups in total. The summed E-state index contributed by atoms with van der Waals surface area (Å²) in [6, 6.07) is 12.5. The number of hydrogen-bond donors (Lipinski definition) is 0. The second kappa shape index (κ2) is 13.4. The van der Waals surface area contributed by atoms with Crippen molar-refractivity contribution >= 4 is 8.80 Å². The van der Waals surface area contributed by atoms with Gasteiger partial charge in [-0.15, -0.1) is 23.8 Å². The second-order valence-corrected chi connectivity index (χ2v) is 9.43. The molecule has 10 heteroatoms. The van der Waals surface area contributed by atoms with Crippen molar-refractivity contribution < 1.29 is 46.4 Å². The second-order valence-electron chi connectivity index (χ2n) is 6.43. The molecule has 0 atom stereocenters. The minimum Gasteiger partial charge on any atom is -0.305 e. The number of aromatic nitrogens is 2. The molecule has 0 spiro atoms. The number of rotatable bonds is 1. The Morgan fingerprint density at radius 1 is 0.774 bits per heavy atom. The van der Waals surface area contributed by atoms with Crippen molar-refractivity contribution in [1.82, 2.24) is 9.97 Å². The molecule has 3 rings (SSSR count). The molecule has 3 aromatic rings. The van der Waals surface area contributed by atoms with Gasteiger partial charge in [0.15, 0.2) is 0 Å². The van der Waals surface area contributed by atoms with Gasteiger partial charge in [0, 0.05) is 47.5 Å². The molecule has 2 aromatic heterocycles. The van der Waals surface area contributed by atoms with E-state index in [4.69, 9.17) is 0 Å². The average molecular weight is 635 g/mol. The van der Waals surface area contributed by atoms with Gasteiger partial charge in [0.1, 0.15) is 0 Å². The van der Waals surface area contributed by atoms with Gasteiger partial charge in [0.05, 0.1) is 0 Å². The van der Waals surface area contributed by atoms with Crippen LogP contribution in [0.3, 0.4) is 0 Å². The molecule has 170 valence electrons. The summed E-state index contributed by atoms with van der Waals surface area (Å²) in [6.45, 7) is 6.81. The summed E-state index contributed by atoms with van der Waals surface area (Å²) in [4.78, 5) is 7.51. The van der Waals surface area contributed by atoms with Crippen LogP contribution in [0.4, 0.5) is 26.3 Å². The molecular weight excluding hydrogens is 615 g/mol. The third-order valence-electron chi connectivity index (χ3n) is 3.01. The third kappa shape index (κ3) is 11.8. The van der Waals surface area contributed by atoms with E-state index in [0.29, 0.717) is 6.07 Å². The summed E-state index contributed by atoms with van der Waals surface area (Å²) in [5.41, 5.74) is -3.23. The van der Waals surface area contributed by atoms with Crippen LogP contribution in [0, 0.1) is 6.07 Å². The van der Waals surface area contributed by atoms with Crippen LogP contribution in [0.1, 0.15) is 11.1 Å². The maximum Gasteiger partial charge on any atom is 0.399 e. The Morgan fingerprint density at radius 3 is 1.68 bits per heavy atom. The first-order chi connectivity index (χ1) is 13.9. The molecule has 0 aliphatic heterocycles. The van der Waals surface area contributed by atoms with Crippen LogP contribution >= 0.6 is 0 Å². The van der Waals surface area contributed by atoms with Gasteiger partial charge in [-0.2, -0.15) is 26.3 Å². The predicted octanol–water partition coefficient (Wildman–Crippen LogP) is 7.04. The molecule has 0 unspecified atom stereocenters. The number of benzene rings is 1. The number of alkyl halides is 6. The van der Waals surface area contributed by atoms with E-state index in [1.54, 1.807) is 12.4 Å². The zero-order chi connectivity index (χ0) is 22.8. The summed E-state index contributed by atoms with van der Waals surface area (Å²) >= 11 is 0. The van der Waals surface area contributed by atoms with E-state index in [2.05, 4.69) is 29.6 Å². The molecule has 31 heavy (non-hydrogen) atoms. The molecule has 2 radical (unpaired) electrons. The Kier molecular flexibility index (Phi) is 12.5. The number of pyridine rings is 2. The summed E-state index contributed by atoms with van der Waals surface area (Å²) in [5, 5.41) is 0. The zero-order valence-corrected chi connectivity index (χ0v) is 20.2. The Hall–Kier alpha value is -2.03. The summed E-state index contributed by atoms with van der Waals surface area (Å²) in [7, 11) is 0.120. The molecule has 0 saturated carbocycles. The number of hydrogen-bond acceptors (Lipinski definition) is 2. The topological polar surface area (TPSA) is 25.8 Å². The number of halogens is 6. The third-order valence-corrected chi connectivity index (χ3v) is 3.01. The molecule has 2 nitrogen and oxygen atoms in total. The molecule has 0 aliphatic rings. The van der Waals surface area contributed by atoms with Gasteiger partial charge in [-0.1, -0.05) is 37.8 Å². The molecule has 1 aromatic carbocycles. The van der Waals surface area contributed by atoms with Crippen molar-refractivity contribution in [3.05, 3.63) is 84.3 Å². The fourth-order valence-corrected chi connectivity index (χ4v) is 1.86. The first-order valence-corrected chi connectivity index (χ1v) is 11.7. The van der Waals surface area contributed by atoms with E-state index in [1.807, 2.05) is 24.3 Å². The van der Waals surface area contributed by atoms with Crippen LogP contribution in [0.5, 0.6) is 0 Å². The van der Waals surface area contributed by atoms with Crippen molar-refractivity contribution in [3.63, 3.8) is 0 Å². The minimum absolute atomic E-state index is 0. The SMILES string of the molecule is C[Si](C)C.FC(F)(F)c1[c-]c(-c2ccccn2)cc(C(F)(F)F)c1.[Ir].c1ccncc1. The smallest absolute Gasteiger partial charge is 0.305 e. The number of nitrogens with zero attached hydrogens (tertiary/aromatic N) is 2. The maximum atomic E-state index is 12.7. The Bertz CT molecular complexity index is 811. The van der Waals surface area contributed by atoms with Crippen LogP contribution in [-0.4, -0.2) is 18.8 Å². The minimum atomic E-state index is -4.91. The van der Waals surface area contributed by atoms with Gasteiger partial charge in [-0.3, -0.25) is 4.98 Å². The fraction of sp³-hybridized carbons (Fsp3) is 0.238. The average Bonchev–Trinajstić information content (AvgIpc) is 2.68. The van der Waals surface area contributed by atoms with E-state index >= 15 is 0 Å². The van der Waals surface area contributed by atoms with E-state index < -0.39 is 23.5 Å². The van der Waals surface area contributed by atoms with Crippen molar-refractivity contribution in [2.45, 2.75) is 32.0 Å². The maximum absolute atomic E-state index is 12.7. The molecule has 0 saturated heterocycles. The van der Waals surface area contributed by atoms with Gasteiger partial charge < -0.3 is 4.98 Å². The van der Waals surface area contributed by atoms with Crippen molar-refractivity contribution in [2.24, 2.45) is 0 Å². The quantitative estimate of drug-likeness (QED) is 0.163. The van der Waals surface area contributed by atoms with Crippen molar-refractivity contribution in [2.75, 3.05) is 0 Å². The van der Waals surface area contributed by atoms with E-state index in [1.165, 1.54) is 24.4 Å². The first kappa shape index (κ1) is 29.0. The Labute approximate surface area is 192 Å². The standard InChI is InChI=1S/C13H6F6N.C5H5N.C3H9Si.Ir/c14-12(15,16)9-5-8(11-3-1-2-4-20-11)6-10(7-9)13(17,18)19;1-2-4-6-5-3-1;1-4(2)3;/h1-5,7H;1-5H;1-3H3;/q-1;;;. The Balaban J connectivity index is 0.000000678. The van der Waals surface area contributed by atoms with Gasteiger partial charge in [-0.25, -0.2) is 0 Å². The van der Waals surface area contributed by atoms with Crippen molar-refractivity contribution in [1.29, 1.82) is 0 Å². The van der Waals surface area contributed by atoms with Gasteiger partial charge in [0.25, 0.3) is 0 Å². The molecule has 0 aliphatic carbocycles. The summed E-state index contributed by atoms with van der Waals surface area (Å²) in [5.74, 6) is 0. The van der Waals surface area contributed by atoms with Crippen LogP contribution in [0.15, 0.2) is 67.1 Å². The molecule has 0 amide bonds. The normalized spacial score (nSPS) is 10.8. The van der Waals surface area contributed by atoms with Crippen LogP contribution < -0.4 is 0 Å². The fourth-order valence-electron chi connectivity index (χ4n) is 1.86. The van der Waals surface area contributed by atoms with Gasteiger partial charge in [-0.05, 0) is 35.0 Å². The first-order valence-electron chi connectivity index (χ1n) is 8.66.